The third kappa shape index (κ3) is 1.01. The third-order valence-electron chi connectivity index (χ3n) is 0.738. The van der Waals surface area contributed by atoms with Crippen molar-refractivity contribution < 1.29 is 5.11 Å². The third-order valence-corrected chi connectivity index (χ3v) is 0.738. The molecule has 0 fully saturated rings. The fraction of sp³-hybridized carbons (Fsp3) is 0.200. The van der Waals surface area contributed by atoms with E-state index in [0.717, 1.165) is 0 Å². The zero-order valence-corrected chi connectivity index (χ0v) is 4.20. The molecule has 0 saturated heterocycles. The van der Waals surface area contributed by atoms with Crippen molar-refractivity contribution in [3.8, 4) is 0 Å². The summed E-state index contributed by atoms with van der Waals surface area (Å²) in [5.74, 6) is 0. The van der Waals surface area contributed by atoms with Crippen LogP contribution in [0.1, 0.15) is 5.69 Å². The smallest absolute Gasteiger partial charge is 0.108 e. The molecule has 0 aliphatic rings. The van der Waals surface area contributed by atoms with E-state index >= 15 is 0 Å². The van der Waals surface area contributed by atoms with Gasteiger partial charge >= 0.3 is 0 Å². The zero-order valence-electron chi connectivity index (χ0n) is 4.20. The van der Waals surface area contributed by atoms with E-state index in [2.05, 4.69) is 16.2 Å². The largest absolute Gasteiger partial charge is 0.390 e. The summed E-state index contributed by atoms with van der Waals surface area (Å²) in [7, 11) is 0. The van der Waals surface area contributed by atoms with Gasteiger partial charge in [-0.1, -0.05) is 0 Å². The summed E-state index contributed by atoms with van der Waals surface area (Å²) in [6, 6.07) is 0. The van der Waals surface area contributed by atoms with Gasteiger partial charge in [-0.15, -0.1) is 0 Å². The molecule has 1 aromatic rings. The summed E-state index contributed by atoms with van der Waals surface area (Å²) in [5, 5.41) is 8.42. The Balaban J connectivity index is 2.83. The topological polar surface area (TPSA) is 46.0 Å². The van der Waals surface area contributed by atoms with Crippen LogP contribution in [0.4, 0.5) is 0 Å². The Kier molecular flexibility index (Phi) is 1.54. The van der Waals surface area contributed by atoms with E-state index in [0.29, 0.717) is 5.69 Å². The lowest BCUT2D eigenvalue weighted by molar-refractivity contribution is 0.276. The number of hydrogen-bond acceptors (Lipinski definition) is 3. The standard InChI is InChI=1S/C5H5N2O/c8-4-5-3-6-1-2-7-5/h2-3,8H,4H2. The van der Waals surface area contributed by atoms with Gasteiger partial charge in [-0.3, -0.25) is 9.97 Å². The van der Waals surface area contributed by atoms with Crippen LogP contribution in [0.3, 0.4) is 0 Å². The Morgan fingerprint density at radius 3 is 3.00 bits per heavy atom. The van der Waals surface area contributed by atoms with Gasteiger partial charge in [-0.25, -0.2) is 0 Å². The molecule has 0 bridgehead atoms. The van der Waals surface area contributed by atoms with Gasteiger partial charge in [0.1, 0.15) is 6.20 Å². The maximum Gasteiger partial charge on any atom is 0.108 e. The molecule has 3 nitrogen and oxygen atoms in total. The van der Waals surface area contributed by atoms with Gasteiger partial charge in [0.05, 0.1) is 24.7 Å². The van der Waals surface area contributed by atoms with Gasteiger partial charge in [0, 0.05) is 0 Å². The van der Waals surface area contributed by atoms with Gasteiger partial charge in [0.25, 0.3) is 0 Å². The van der Waals surface area contributed by atoms with E-state index < -0.39 is 0 Å². The maximum atomic E-state index is 8.42. The molecule has 0 unspecified atom stereocenters. The Morgan fingerprint density at radius 2 is 2.62 bits per heavy atom. The first-order valence-corrected chi connectivity index (χ1v) is 2.21. The minimum absolute atomic E-state index is 0.0539. The number of aliphatic hydroxyl groups excluding tert-OH is 1. The molecule has 3 heteroatoms. The predicted molar refractivity (Wildman–Crippen MR) is 26.8 cm³/mol. The summed E-state index contributed by atoms with van der Waals surface area (Å²) in [5.41, 5.74) is 0.573. The van der Waals surface area contributed by atoms with E-state index in [-0.39, 0.29) is 6.61 Å². The lowest BCUT2D eigenvalue weighted by Crippen LogP contribution is -1.87. The highest BCUT2D eigenvalue weighted by atomic mass is 16.3. The Morgan fingerprint density at radius 1 is 1.75 bits per heavy atom. The number of aliphatic hydroxyl groups is 1. The van der Waals surface area contributed by atoms with Crippen molar-refractivity contribution >= 4 is 0 Å². The molecule has 1 rings (SSSR count). The average molecular weight is 109 g/mol. The van der Waals surface area contributed by atoms with Crippen molar-refractivity contribution in [2.24, 2.45) is 0 Å². The molecule has 41 valence electrons. The van der Waals surface area contributed by atoms with Crippen molar-refractivity contribution in [2.75, 3.05) is 0 Å². The molecule has 0 saturated carbocycles. The molecule has 0 amide bonds. The molecular formula is C5H5N2O. The number of hydrogen-bond donors (Lipinski definition) is 1. The summed E-state index contributed by atoms with van der Waals surface area (Å²) >= 11 is 0. The summed E-state index contributed by atoms with van der Waals surface area (Å²) in [4.78, 5) is 7.34. The van der Waals surface area contributed by atoms with Crippen LogP contribution in [0.5, 0.6) is 0 Å². The summed E-state index contributed by atoms with van der Waals surface area (Å²) in [6.07, 6.45) is 5.39. The van der Waals surface area contributed by atoms with Crippen LogP contribution < -0.4 is 0 Å². The monoisotopic (exact) mass is 109 g/mol. The fourth-order valence-electron chi connectivity index (χ4n) is 0.372. The number of aromatic nitrogens is 2. The molecule has 0 atom stereocenters. The second kappa shape index (κ2) is 2.37. The Hall–Kier alpha value is -0.960. The summed E-state index contributed by atoms with van der Waals surface area (Å²) < 4.78 is 0. The molecule has 1 N–H and O–H groups in total. The molecule has 0 aliphatic carbocycles. The first kappa shape index (κ1) is 5.18. The minimum Gasteiger partial charge on any atom is -0.390 e. The molecular weight excluding hydrogens is 104 g/mol. The van der Waals surface area contributed by atoms with Gasteiger partial charge < -0.3 is 5.11 Å². The van der Waals surface area contributed by atoms with E-state index in [1.54, 1.807) is 0 Å². The molecule has 0 aromatic carbocycles. The van der Waals surface area contributed by atoms with Crippen LogP contribution in [0, 0.1) is 6.20 Å². The molecule has 0 spiro atoms. The van der Waals surface area contributed by atoms with Crippen LogP contribution in [0.25, 0.3) is 0 Å². The highest BCUT2D eigenvalue weighted by Gasteiger charge is 1.84. The van der Waals surface area contributed by atoms with Crippen molar-refractivity contribution in [1.29, 1.82) is 0 Å². The quantitative estimate of drug-likeness (QED) is 0.541. The van der Waals surface area contributed by atoms with E-state index in [1.165, 1.54) is 12.4 Å². The van der Waals surface area contributed by atoms with Crippen LogP contribution in [0.2, 0.25) is 0 Å². The molecule has 1 heterocycles. The predicted octanol–water partition coefficient (Wildman–Crippen LogP) is -0.231. The first-order valence-electron chi connectivity index (χ1n) is 2.21. The second-order valence-corrected chi connectivity index (χ2v) is 1.29. The number of rotatable bonds is 1. The zero-order chi connectivity index (χ0) is 5.82. The maximum absolute atomic E-state index is 8.42. The van der Waals surface area contributed by atoms with E-state index in [1.807, 2.05) is 0 Å². The molecule has 8 heavy (non-hydrogen) atoms. The van der Waals surface area contributed by atoms with Crippen LogP contribution in [-0.4, -0.2) is 15.1 Å². The molecule has 0 aliphatic heterocycles. The van der Waals surface area contributed by atoms with Gasteiger partial charge in [-0.2, -0.15) is 0 Å². The van der Waals surface area contributed by atoms with E-state index in [4.69, 9.17) is 5.11 Å². The average Bonchev–Trinajstić information content (AvgIpc) is 1.90. The highest BCUT2D eigenvalue weighted by Crippen LogP contribution is 1.85. The van der Waals surface area contributed by atoms with Gasteiger partial charge in [0.15, 0.2) is 0 Å². The SMILES string of the molecule is OCc1cn[c]cn1. The normalized spacial score (nSPS) is 9.12. The first-order chi connectivity index (χ1) is 3.93. The van der Waals surface area contributed by atoms with E-state index in [9.17, 15) is 0 Å². The van der Waals surface area contributed by atoms with Crippen LogP contribution >= 0.6 is 0 Å². The van der Waals surface area contributed by atoms with Gasteiger partial charge in [-0.05, 0) is 0 Å². The van der Waals surface area contributed by atoms with Crippen LogP contribution in [0.15, 0.2) is 12.4 Å². The van der Waals surface area contributed by atoms with Crippen molar-refractivity contribution in [2.45, 2.75) is 6.61 Å². The Bertz CT molecular complexity index is 152. The van der Waals surface area contributed by atoms with Crippen molar-refractivity contribution in [1.82, 2.24) is 9.97 Å². The fourth-order valence-corrected chi connectivity index (χ4v) is 0.372. The Labute approximate surface area is 47.0 Å². The molecule has 1 aromatic heterocycles. The van der Waals surface area contributed by atoms with Crippen molar-refractivity contribution in [3.63, 3.8) is 0 Å². The lowest BCUT2D eigenvalue weighted by atomic mass is 10.5. The molecule has 1 radical (unpaired) electrons. The number of nitrogens with zero attached hydrogens (tertiary/aromatic N) is 2. The lowest BCUT2D eigenvalue weighted by Gasteiger charge is -1.87. The summed E-state index contributed by atoms with van der Waals surface area (Å²) in [6.45, 7) is -0.0539. The highest BCUT2D eigenvalue weighted by molar-refractivity contribution is 4.90. The minimum atomic E-state index is -0.0539. The second-order valence-electron chi connectivity index (χ2n) is 1.29. The van der Waals surface area contributed by atoms with Crippen LogP contribution in [-0.2, 0) is 6.61 Å². The van der Waals surface area contributed by atoms with Crippen molar-refractivity contribution in [3.05, 3.63) is 24.3 Å². The van der Waals surface area contributed by atoms with Gasteiger partial charge in [0.2, 0.25) is 0 Å².